The summed E-state index contributed by atoms with van der Waals surface area (Å²) >= 11 is 9.41. The Hall–Kier alpha value is -1.89. The van der Waals surface area contributed by atoms with Gasteiger partial charge in [-0.05, 0) is 56.3 Å². The van der Waals surface area contributed by atoms with Crippen molar-refractivity contribution in [2.45, 2.75) is 13.8 Å². The number of hydrogen-bond donors (Lipinski definition) is 2. The van der Waals surface area contributed by atoms with Gasteiger partial charge in [0.1, 0.15) is 0 Å². The van der Waals surface area contributed by atoms with Crippen molar-refractivity contribution in [3.8, 4) is 0 Å². The molecule has 26 heavy (non-hydrogen) atoms. The summed E-state index contributed by atoms with van der Waals surface area (Å²) in [6.45, 7) is 4.14. The maximum atomic E-state index is 12.2. The molecule has 0 aromatic heterocycles. The van der Waals surface area contributed by atoms with Crippen LogP contribution in [0.3, 0.4) is 0 Å². The lowest BCUT2D eigenvalue weighted by Gasteiger charge is -2.17. The molecule has 0 saturated heterocycles. The number of nitrogens with one attached hydrogen (secondary N) is 2. The molecule has 0 unspecified atom stereocenters. The van der Waals surface area contributed by atoms with Gasteiger partial charge in [-0.2, -0.15) is 0 Å². The number of carbonyl (C=O) groups excluding carboxylic acids is 2. The molecule has 0 aliphatic carbocycles. The molecule has 5 nitrogen and oxygen atoms in total. The van der Waals surface area contributed by atoms with Gasteiger partial charge in [0.05, 0.1) is 23.8 Å². The molecule has 7 heteroatoms. The van der Waals surface area contributed by atoms with Crippen LogP contribution in [-0.4, -0.2) is 36.9 Å². The summed E-state index contributed by atoms with van der Waals surface area (Å²) in [6.07, 6.45) is 0. The average molecular weight is 439 g/mol. The summed E-state index contributed by atoms with van der Waals surface area (Å²) in [4.78, 5) is 26.0. The summed E-state index contributed by atoms with van der Waals surface area (Å²) in [6, 6.07) is 11.0. The van der Waals surface area contributed by atoms with E-state index in [0.29, 0.717) is 10.7 Å². The Balaban J connectivity index is 1.87. The standard InChI is InChI=1S/C19H21BrClN3O2/c1-12-5-4-6-16(13(12)2)22-18(25)10-24(3)11-19(26)23-17-8-7-14(20)9-15(17)21/h4-9H,10-11H2,1-3H3,(H,22,25)(H,23,26). The van der Waals surface area contributed by atoms with E-state index in [-0.39, 0.29) is 24.9 Å². The molecule has 0 bridgehead atoms. The van der Waals surface area contributed by atoms with Crippen LogP contribution in [0, 0.1) is 13.8 Å². The van der Waals surface area contributed by atoms with Gasteiger partial charge < -0.3 is 10.6 Å². The van der Waals surface area contributed by atoms with Crippen LogP contribution >= 0.6 is 27.5 Å². The second kappa shape index (κ2) is 9.16. The van der Waals surface area contributed by atoms with E-state index in [0.717, 1.165) is 21.3 Å². The Labute approximate surface area is 166 Å². The van der Waals surface area contributed by atoms with Gasteiger partial charge in [0.25, 0.3) is 0 Å². The number of amides is 2. The number of halogens is 2. The fraction of sp³-hybridized carbons (Fsp3) is 0.263. The van der Waals surface area contributed by atoms with E-state index in [4.69, 9.17) is 11.6 Å². The zero-order chi connectivity index (χ0) is 19.3. The van der Waals surface area contributed by atoms with Crippen molar-refractivity contribution in [2.24, 2.45) is 0 Å². The minimum absolute atomic E-state index is 0.0760. The highest BCUT2D eigenvalue weighted by Gasteiger charge is 2.13. The lowest BCUT2D eigenvalue weighted by molar-refractivity contribution is -0.119. The average Bonchev–Trinajstić information content (AvgIpc) is 2.54. The topological polar surface area (TPSA) is 61.4 Å². The van der Waals surface area contributed by atoms with Gasteiger partial charge in [-0.1, -0.05) is 39.7 Å². The Morgan fingerprint density at radius 3 is 2.27 bits per heavy atom. The fourth-order valence-electron chi connectivity index (χ4n) is 2.40. The lowest BCUT2D eigenvalue weighted by Crippen LogP contribution is -2.36. The van der Waals surface area contributed by atoms with E-state index in [1.54, 1.807) is 30.1 Å². The predicted molar refractivity (Wildman–Crippen MR) is 110 cm³/mol. The van der Waals surface area contributed by atoms with Crippen LogP contribution in [0.25, 0.3) is 0 Å². The Morgan fingerprint density at radius 2 is 1.65 bits per heavy atom. The molecule has 0 aliphatic rings. The molecule has 2 aromatic rings. The van der Waals surface area contributed by atoms with Crippen molar-refractivity contribution in [1.29, 1.82) is 0 Å². The summed E-state index contributed by atoms with van der Waals surface area (Å²) in [5.41, 5.74) is 3.47. The van der Waals surface area contributed by atoms with Gasteiger partial charge in [0.15, 0.2) is 0 Å². The van der Waals surface area contributed by atoms with Crippen LogP contribution in [0.15, 0.2) is 40.9 Å². The Morgan fingerprint density at radius 1 is 1.04 bits per heavy atom. The fourth-order valence-corrected chi connectivity index (χ4v) is 3.12. The minimum atomic E-state index is -0.240. The first-order valence-corrected chi connectivity index (χ1v) is 9.23. The van der Waals surface area contributed by atoms with Crippen molar-refractivity contribution in [1.82, 2.24) is 4.90 Å². The molecule has 2 rings (SSSR count). The highest BCUT2D eigenvalue weighted by atomic mass is 79.9. The second-order valence-corrected chi connectivity index (χ2v) is 7.46. The number of aryl methyl sites for hydroxylation is 1. The van der Waals surface area contributed by atoms with E-state index in [1.165, 1.54) is 0 Å². The van der Waals surface area contributed by atoms with Crippen LogP contribution < -0.4 is 10.6 Å². The van der Waals surface area contributed by atoms with Crippen molar-refractivity contribution >= 4 is 50.7 Å². The molecule has 0 spiro atoms. The maximum Gasteiger partial charge on any atom is 0.238 e. The summed E-state index contributed by atoms with van der Waals surface area (Å²) in [5.74, 6) is -0.410. The number of hydrogen-bond acceptors (Lipinski definition) is 3. The molecule has 2 aromatic carbocycles. The molecular formula is C19H21BrClN3O2. The van der Waals surface area contributed by atoms with Gasteiger partial charge in [-0.3, -0.25) is 14.5 Å². The maximum absolute atomic E-state index is 12.2. The summed E-state index contributed by atoms with van der Waals surface area (Å²) in [5, 5.41) is 6.07. The smallest absolute Gasteiger partial charge is 0.238 e. The van der Waals surface area contributed by atoms with Gasteiger partial charge in [-0.15, -0.1) is 0 Å². The van der Waals surface area contributed by atoms with Crippen LogP contribution in [0.5, 0.6) is 0 Å². The molecule has 2 N–H and O–H groups in total. The number of rotatable bonds is 6. The van der Waals surface area contributed by atoms with Crippen LogP contribution in [0.2, 0.25) is 5.02 Å². The second-order valence-electron chi connectivity index (χ2n) is 6.14. The number of nitrogens with zero attached hydrogens (tertiary/aromatic N) is 1. The zero-order valence-corrected chi connectivity index (χ0v) is 17.2. The van der Waals surface area contributed by atoms with E-state index in [1.807, 2.05) is 32.0 Å². The highest BCUT2D eigenvalue weighted by molar-refractivity contribution is 9.10. The highest BCUT2D eigenvalue weighted by Crippen LogP contribution is 2.25. The number of carbonyl (C=O) groups is 2. The molecule has 2 amide bonds. The van der Waals surface area contributed by atoms with E-state index in [9.17, 15) is 9.59 Å². The quantitative estimate of drug-likeness (QED) is 0.709. The van der Waals surface area contributed by atoms with E-state index < -0.39 is 0 Å². The largest absolute Gasteiger partial charge is 0.325 e. The van der Waals surface area contributed by atoms with Crippen LogP contribution in [0.4, 0.5) is 11.4 Å². The number of anilines is 2. The minimum Gasteiger partial charge on any atom is -0.325 e. The third-order valence-electron chi connectivity index (χ3n) is 3.91. The molecule has 0 aliphatic heterocycles. The van der Waals surface area contributed by atoms with Gasteiger partial charge in [0.2, 0.25) is 11.8 Å². The third-order valence-corrected chi connectivity index (χ3v) is 4.72. The van der Waals surface area contributed by atoms with Gasteiger partial charge >= 0.3 is 0 Å². The first kappa shape index (κ1) is 20.4. The van der Waals surface area contributed by atoms with E-state index in [2.05, 4.69) is 26.6 Å². The predicted octanol–water partition coefficient (Wildman–Crippen LogP) is 4.23. The van der Waals surface area contributed by atoms with Crippen LogP contribution in [0.1, 0.15) is 11.1 Å². The number of likely N-dealkylation sites (N-methyl/N-ethyl adjacent to an activating group) is 1. The molecule has 0 atom stereocenters. The Bertz CT molecular complexity index is 826. The summed E-state index contributed by atoms with van der Waals surface area (Å²) in [7, 11) is 1.71. The SMILES string of the molecule is Cc1cccc(NC(=O)CN(C)CC(=O)Nc2ccc(Br)cc2Cl)c1C. The first-order chi connectivity index (χ1) is 12.3. The first-order valence-electron chi connectivity index (χ1n) is 8.06. The molecule has 0 fully saturated rings. The zero-order valence-electron chi connectivity index (χ0n) is 14.9. The van der Waals surface area contributed by atoms with Crippen molar-refractivity contribution in [3.05, 3.63) is 57.0 Å². The van der Waals surface area contributed by atoms with Crippen LogP contribution in [-0.2, 0) is 9.59 Å². The van der Waals surface area contributed by atoms with Crippen molar-refractivity contribution in [2.75, 3.05) is 30.8 Å². The van der Waals surface area contributed by atoms with Gasteiger partial charge in [0, 0.05) is 10.2 Å². The van der Waals surface area contributed by atoms with Gasteiger partial charge in [-0.25, -0.2) is 0 Å². The van der Waals surface area contributed by atoms with E-state index >= 15 is 0 Å². The van der Waals surface area contributed by atoms with Crippen molar-refractivity contribution < 1.29 is 9.59 Å². The monoisotopic (exact) mass is 437 g/mol. The normalized spacial score (nSPS) is 10.7. The molecule has 0 radical (unpaired) electrons. The molecule has 138 valence electrons. The lowest BCUT2D eigenvalue weighted by atomic mass is 10.1. The third kappa shape index (κ3) is 5.83. The number of benzene rings is 2. The molecule has 0 saturated carbocycles. The van der Waals surface area contributed by atoms with Crippen molar-refractivity contribution in [3.63, 3.8) is 0 Å². The Kier molecular flexibility index (Phi) is 7.20. The summed E-state index contributed by atoms with van der Waals surface area (Å²) < 4.78 is 0.834. The molecule has 0 heterocycles. The molecular weight excluding hydrogens is 418 g/mol.